The van der Waals surface area contributed by atoms with Crippen molar-refractivity contribution in [3.05, 3.63) is 65.2 Å². The van der Waals surface area contributed by atoms with Crippen LogP contribution in [0.5, 0.6) is 0 Å². The predicted octanol–water partition coefficient (Wildman–Crippen LogP) is 2.76. The number of esters is 1. The molecular weight excluding hydrogens is 328 g/mol. The lowest BCUT2D eigenvalue weighted by Gasteiger charge is -2.27. The maximum Gasteiger partial charge on any atom is 0.337 e. The summed E-state index contributed by atoms with van der Waals surface area (Å²) in [4.78, 5) is 13.0. The van der Waals surface area contributed by atoms with Crippen molar-refractivity contribution in [2.75, 3.05) is 12.0 Å². The van der Waals surface area contributed by atoms with Crippen LogP contribution in [0.1, 0.15) is 10.4 Å². The van der Waals surface area contributed by atoms with E-state index in [9.17, 15) is 18.5 Å². The Balaban J connectivity index is 2.22. The summed E-state index contributed by atoms with van der Waals surface area (Å²) in [6.45, 7) is 0. The summed E-state index contributed by atoms with van der Waals surface area (Å²) in [5.41, 5.74) is 1.29. The SMILES string of the molecule is COC(=O)c1cccc(N2C=C(C#N)S(=O)(=O)c3ccccc32)c1. The standard InChI is InChI=1S/C17H12N2O4S/c1-23-17(20)12-5-4-6-13(9-12)19-11-14(10-18)24(21,22)16-8-3-2-7-15(16)19/h2-9,11H,1H3. The normalized spacial score (nSPS) is 15.0. The van der Waals surface area contributed by atoms with Gasteiger partial charge in [-0.15, -0.1) is 0 Å². The van der Waals surface area contributed by atoms with Gasteiger partial charge in [-0.1, -0.05) is 18.2 Å². The molecule has 2 aromatic carbocycles. The van der Waals surface area contributed by atoms with E-state index < -0.39 is 15.8 Å². The molecule has 24 heavy (non-hydrogen) atoms. The van der Waals surface area contributed by atoms with Gasteiger partial charge in [-0.25, -0.2) is 13.2 Å². The second-order valence-corrected chi connectivity index (χ2v) is 6.87. The number of nitrogens with zero attached hydrogens (tertiary/aromatic N) is 2. The first-order chi connectivity index (χ1) is 11.5. The molecule has 0 spiro atoms. The molecule has 0 radical (unpaired) electrons. The Hall–Kier alpha value is -3.11. The number of fused-ring (bicyclic) bond motifs is 1. The first kappa shape index (κ1) is 15.8. The van der Waals surface area contributed by atoms with Crippen LogP contribution in [-0.4, -0.2) is 21.5 Å². The number of carbonyl (C=O) groups excluding carboxylic acids is 1. The first-order valence-electron chi connectivity index (χ1n) is 6.92. The largest absolute Gasteiger partial charge is 0.465 e. The van der Waals surface area contributed by atoms with Gasteiger partial charge in [-0.3, -0.25) is 0 Å². The molecule has 0 saturated carbocycles. The molecule has 1 aliphatic rings. The van der Waals surface area contributed by atoms with E-state index >= 15 is 0 Å². The Labute approximate surface area is 139 Å². The molecule has 0 unspecified atom stereocenters. The summed E-state index contributed by atoms with van der Waals surface area (Å²) < 4.78 is 29.6. The highest BCUT2D eigenvalue weighted by molar-refractivity contribution is 7.95. The van der Waals surface area contributed by atoms with Gasteiger partial charge < -0.3 is 9.64 Å². The summed E-state index contributed by atoms with van der Waals surface area (Å²) in [5.74, 6) is -0.501. The van der Waals surface area contributed by atoms with Crippen LogP contribution in [0.3, 0.4) is 0 Å². The van der Waals surface area contributed by atoms with Gasteiger partial charge in [0, 0.05) is 11.9 Å². The van der Waals surface area contributed by atoms with Gasteiger partial charge in [0.2, 0.25) is 9.84 Å². The Kier molecular flexibility index (Phi) is 3.83. The molecule has 1 aliphatic heterocycles. The number of ether oxygens (including phenoxy) is 1. The molecule has 6 nitrogen and oxygen atoms in total. The van der Waals surface area contributed by atoms with Gasteiger partial charge in [0.1, 0.15) is 6.07 Å². The highest BCUT2D eigenvalue weighted by Gasteiger charge is 2.31. The third-order valence-corrected chi connectivity index (χ3v) is 5.31. The van der Waals surface area contributed by atoms with Crippen molar-refractivity contribution < 1.29 is 17.9 Å². The van der Waals surface area contributed by atoms with Crippen molar-refractivity contribution in [1.29, 1.82) is 5.26 Å². The summed E-state index contributed by atoms with van der Waals surface area (Å²) in [7, 11) is -2.56. The minimum atomic E-state index is -3.84. The van der Waals surface area contributed by atoms with E-state index in [1.54, 1.807) is 53.4 Å². The van der Waals surface area contributed by atoms with Crippen LogP contribution in [0.25, 0.3) is 0 Å². The van der Waals surface area contributed by atoms with Crippen LogP contribution in [0.2, 0.25) is 0 Å². The summed E-state index contributed by atoms with van der Waals surface area (Å²) in [5, 5.41) is 9.20. The van der Waals surface area contributed by atoms with Gasteiger partial charge in [-0.2, -0.15) is 5.26 Å². The molecule has 1 heterocycles. The zero-order valence-corrected chi connectivity index (χ0v) is 13.4. The average molecular weight is 340 g/mol. The molecule has 120 valence electrons. The van der Waals surface area contributed by atoms with Gasteiger partial charge in [0.15, 0.2) is 4.91 Å². The van der Waals surface area contributed by atoms with E-state index in [-0.39, 0.29) is 9.80 Å². The van der Waals surface area contributed by atoms with Crippen molar-refractivity contribution in [1.82, 2.24) is 0 Å². The Morgan fingerprint density at radius 2 is 1.92 bits per heavy atom. The molecule has 0 saturated heterocycles. The van der Waals surface area contributed by atoms with E-state index in [1.807, 2.05) is 0 Å². The molecule has 0 aliphatic carbocycles. The monoisotopic (exact) mass is 340 g/mol. The number of hydrogen-bond acceptors (Lipinski definition) is 6. The van der Waals surface area contributed by atoms with E-state index in [1.165, 1.54) is 19.4 Å². The number of benzene rings is 2. The second kappa shape index (κ2) is 5.83. The van der Waals surface area contributed by atoms with Crippen LogP contribution < -0.4 is 4.90 Å². The second-order valence-electron chi connectivity index (χ2n) is 4.99. The number of methoxy groups -OCH3 is 1. The van der Waals surface area contributed by atoms with Gasteiger partial charge in [-0.05, 0) is 30.3 Å². The quantitative estimate of drug-likeness (QED) is 0.781. The molecule has 7 heteroatoms. The molecule has 0 amide bonds. The summed E-state index contributed by atoms with van der Waals surface area (Å²) in [6.07, 6.45) is 1.26. The topological polar surface area (TPSA) is 87.5 Å². The van der Waals surface area contributed by atoms with Gasteiger partial charge >= 0.3 is 5.97 Å². The van der Waals surface area contributed by atoms with Crippen molar-refractivity contribution in [3.63, 3.8) is 0 Å². The number of anilines is 2. The molecule has 0 bridgehead atoms. The number of nitriles is 1. The Morgan fingerprint density at radius 1 is 1.17 bits per heavy atom. The van der Waals surface area contributed by atoms with Crippen LogP contribution in [0.4, 0.5) is 11.4 Å². The fourth-order valence-electron chi connectivity index (χ4n) is 2.46. The Morgan fingerprint density at radius 3 is 2.62 bits per heavy atom. The summed E-state index contributed by atoms with van der Waals surface area (Å²) >= 11 is 0. The van der Waals surface area contributed by atoms with E-state index in [0.29, 0.717) is 16.9 Å². The fourth-order valence-corrected chi connectivity index (χ4v) is 3.76. The molecule has 0 aromatic heterocycles. The van der Waals surface area contributed by atoms with E-state index in [4.69, 9.17) is 4.74 Å². The van der Waals surface area contributed by atoms with Crippen LogP contribution in [0.15, 0.2) is 64.5 Å². The third-order valence-electron chi connectivity index (χ3n) is 3.61. The smallest absolute Gasteiger partial charge is 0.337 e. The maximum absolute atomic E-state index is 12.4. The van der Waals surface area contributed by atoms with Crippen LogP contribution >= 0.6 is 0 Å². The lowest BCUT2D eigenvalue weighted by atomic mass is 10.1. The molecule has 2 aromatic rings. The van der Waals surface area contributed by atoms with E-state index in [2.05, 4.69) is 0 Å². The zero-order chi connectivity index (χ0) is 17.3. The van der Waals surface area contributed by atoms with Gasteiger partial charge in [0.05, 0.1) is 23.3 Å². The lowest BCUT2D eigenvalue weighted by molar-refractivity contribution is 0.0601. The number of allylic oxidation sites excluding steroid dienone is 1. The zero-order valence-electron chi connectivity index (χ0n) is 12.6. The van der Waals surface area contributed by atoms with Crippen molar-refractivity contribution >= 4 is 27.2 Å². The van der Waals surface area contributed by atoms with Crippen LogP contribution in [-0.2, 0) is 14.6 Å². The number of para-hydroxylation sites is 1. The molecule has 0 fully saturated rings. The van der Waals surface area contributed by atoms with Gasteiger partial charge in [0.25, 0.3) is 0 Å². The van der Waals surface area contributed by atoms with Crippen LogP contribution in [0, 0.1) is 11.3 Å². The Bertz CT molecular complexity index is 1000. The van der Waals surface area contributed by atoms with Crippen molar-refractivity contribution in [3.8, 4) is 6.07 Å². The molecular formula is C17H12N2O4S. The maximum atomic E-state index is 12.4. The number of carbonyl (C=O) groups is 1. The molecule has 3 rings (SSSR count). The summed E-state index contributed by atoms with van der Waals surface area (Å²) in [6, 6.07) is 14.7. The highest BCUT2D eigenvalue weighted by atomic mass is 32.2. The number of rotatable bonds is 2. The third kappa shape index (κ3) is 2.43. The number of sulfone groups is 1. The number of hydrogen-bond donors (Lipinski definition) is 0. The first-order valence-corrected chi connectivity index (χ1v) is 8.41. The minimum Gasteiger partial charge on any atom is -0.465 e. The average Bonchev–Trinajstić information content (AvgIpc) is 2.61. The molecule has 0 N–H and O–H groups in total. The minimum absolute atomic E-state index is 0.0486. The van der Waals surface area contributed by atoms with E-state index in [0.717, 1.165) is 0 Å². The lowest BCUT2D eigenvalue weighted by Crippen LogP contribution is -2.21. The van der Waals surface area contributed by atoms with Crippen molar-refractivity contribution in [2.24, 2.45) is 0 Å². The predicted molar refractivity (Wildman–Crippen MR) is 87.2 cm³/mol. The molecule has 0 atom stereocenters. The van der Waals surface area contributed by atoms with Crippen molar-refractivity contribution in [2.45, 2.75) is 4.90 Å². The highest BCUT2D eigenvalue weighted by Crippen LogP contribution is 2.39. The fraction of sp³-hybridized carbons (Fsp3) is 0.0588.